The fraction of sp³-hybridized carbons (Fsp3) is 1.00. The van der Waals surface area contributed by atoms with E-state index in [4.69, 9.17) is 19.7 Å². The van der Waals surface area contributed by atoms with Gasteiger partial charge in [0.15, 0.2) is 11.4 Å². The molecule has 0 aromatic heterocycles. The van der Waals surface area contributed by atoms with Crippen LogP contribution in [-0.4, -0.2) is 24.7 Å². The maximum atomic E-state index is 6.28. The lowest BCUT2D eigenvalue weighted by Crippen LogP contribution is -2.38. The average Bonchev–Trinajstić information content (AvgIpc) is 2.59. The molecule has 4 nitrogen and oxygen atoms in total. The van der Waals surface area contributed by atoms with E-state index in [1.165, 1.54) is 38.5 Å². The van der Waals surface area contributed by atoms with Crippen molar-refractivity contribution in [3.05, 3.63) is 0 Å². The van der Waals surface area contributed by atoms with Crippen LogP contribution >= 0.6 is 0 Å². The van der Waals surface area contributed by atoms with E-state index < -0.39 is 11.4 Å². The Morgan fingerprint density at radius 1 is 0.625 bits per heavy atom. The van der Waals surface area contributed by atoms with E-state index in [9.17, 15) is 0 Å². The minimum absolute atomic E-state index is 0.395. The first kappa shape index (κ1) is 19.8. The molecule has 0 spiro atoms. The maximum Gasteiger partial charge on any atom is 0.178 e. The van der Waals surface area contributed by atoms with E-state index in [1.54, 1.807) is 0 Å². The van der Waals surface area contributed by atoms with Crippen molar-refractivity contribution in [2.75, 3.05) is 13.2 Å². The topological polar surface area (TPSA) is 43.2 Å². The minimum atomic E-state index is -0.395. The summed E-state index contributed by atoms with van der Waals surface area (Å²) in [6, 6.07) is 0. The first-order valence-electron chi connectivity index (χ1n) is 10.2. The van der Waals surface area contributed by atoms with Crippen molar-refractivity contribution in [1.82, 2.24) is 0 Å². The van der Waals surface area contributed by atoms with Gasteiger partial charge < -0.3 is 9.47 Å². The van der Waals surface area contributed by atoms with Crippen LogP contribution in [0.2, 0.25) is 0 Å². The molecule has 0 bridgehead atoms. The summed E-state index contributed by atoms with van der Waals surface area (Å²) in [5, 5.41) is 9.68. The van der Waals surface area contributed by atoms with E-state index in [1.807, 2.05) is 0 Å². The van der Waals surface area contributed by atoms with Gasteiger partial charge in [0.25, 0.3) is 0 Å². The Kier molecular flexibility index (Phi) is 7.67. The molecule has 2 rings (SSSR count). The van der Waals surface area contributed by atoms with Crippen molar-refractivity contribution in [2.24, 2.45) is 22.1 Å². The fourth-order valence-corrected chi connectivity index (χ4v) is 3.58. The molecule has 0 N–H and O–H groups in total. The molecule has 2 aliphatic carbocycles. The SMILES string of the molecule is CC(C)COC1(N=NC2(OCC(C)C)CCCCC2)CCCCC1. The number of azo groups is 1. The quantitative estimate of drug-likeness (QED) is 0.501. The van der Waals surface area contributed by atoms with E-state index >= 15 is 0 Å². The fourth-order valence-electron chi connectivity index (χ4n) is 3.58. The summed E-state index contributed by atoms with van der Waals surface area (Å²) in [6.45, 7) is 10.3. The highest BCUT2D eigenvalue weighted by Crippen LogP contribution is 2.38. The number of hydrogen-bond donors (Lipinski definition) is 0. The Morgan fingerprint density at radius 3 is 1.25 bits per heavy atom. The van der Waals surface area contributed by atoms with Gasteiger partial charge in [0.2, 0.25) is 0 Å². The molecule has 0 amide bonds. The van der Waals surface area contributed by atoms with Crippen molar-refractivity contribution in [2.45, 2.75) is 103 Å². The number of ether oxygens (including phenoxy) is 2. The molecule has 0 unspecified atom stereocenters. The van der Waals surface area contributed by atoms with Crippen LogP contribution in [0.1, 0.15) is 91.9 Å². The van der Waals surface area contributed by atoms with Gasteiger partial charge in [0.1, 0.15) is 0 Å². The molecule has 0 aliphatic heterocycles. The van der Waals surface area contributed by atoms with Gasteiger partial charge in [0.05, 0.1) is 13.2 Å². The summed E-state index contributed by atoms with van der Waals surface area (Å²) < 4.78 is 12.6. The summed E-state index contributed by atoms with van der Waals surface area (Å²) in [4.78, 5) is 0. The van der Waals surface area contributed by atoms with Gasteiger partial charge >= 0.3 is 0 Å². The van der Waals surface area contributed by atoms with E-state index in [0.29, 0.717) is 11.8 Å². The molecule has 2 aliphatic rings. The third kappa shape index (κ3) is 6.11. The first-order chi connectivity index (χ1) is 11.5. The molecule has 0 atom stereocenters. The van der Waals surface area contributed by atoms with Gasteiger partial charge in [-0.3, -0.25) is 0 Å². The third-order valence-corrected chi connectivity index (χ3v) is 5.05. The third-order valence-electron chi connectivity index (χ3n) is 5.05. The van der Waals surface area contributed by atoms with Crippen LogP contribution in [-0.2, 0) is 9.47 Å². The van der Waals surface area contributed by atoms with Crippen LogP contribution < -0.4 is 0 Å². The number of hydrogen-bond acceptors (Lipinski definition) is 4. The molecule has 2 saturated carbocycles. The maximum absolute atomic E-state index is 6.28. The Labute approximate surface area is 148 Å². The van der Waals surface area contributed by atoms with Gasteiger partial charge in [-0.25, -0.2) is 0 Å². The minimum Gasteiger partial charge on any atom is -0.352 e. The van der Waals surface area contributed by atoms with E-state index in [2.05, 4.69) is 27.7 Å². The monoisotopic (exact) mass is 338 g/mol. The Morgan fingerprint density at radius 2 is 0.958 bits per heavy atom. The Hall–Kier alpha value is -0.480. The molecule has 4 heteroatoms. The lowest BCUT2D eigenvalue weighted by molar-refractivity contribution is -0.105. The summed E-state index contributed by atoms with van der Waals surface area (Å²) in [6.07, 6.45) is 11.4. The molecule has 140 valence electrons. The molecule has 2 fully saturated rings. The van der Waals surface area contributed by atoms with Crippen molar-refractivity contribution in [1.29, 1.82) is 0 Å². The van der Waals surface area contributed by atoms with Gasteiger partial charge in [-0.05, 0) is 63.2 Å². The molecule has 0 aromatic carbocycles. The van der Waals surface area contributed by atoms with Crippen molar-refractivity contribution in [3.63, 3.8) is 0 Å². The highest BCUT2D eigenvalue weighted by atomic mass is 16.5. The molecule has 0 aromatic rings. The van der Waals surface area contributed by atoms with Crippen molar-refractivity contribution < 1.29 is 9.47 Å². The molecular formula is C20H38N2O2. The largest absolute Gasteiger partial charge is 0.352 e. The Balaban J connectivity index is 2.10. The zero-order valence-electron chi connectivity index (χ0n) is 16.4. The molecule has 0 saturated heterocycles. The highest BCUT2D eigenvalue weighted by molar-refractivity contribution is 4.86. The summed E-state index contributed by atoms with van der Waals surface area (Å²) >= 11 is 0. The second kappa shape index (κ2) is 9.28. The normalized spacial score (nSPS) is 24.1. The molecular weight excluding hydrogens is 300 g/mol. The number of rotatable bonds is 8. The van der Waals surface area contributed by atoms with Crippen LogP contribution in [0.25, 0.3) is 0 Å². The Bertz CT molecular complexity index is 345. The van der Waals surface area contributed by atoms with E-state index in [0.717, 1.165) is 38.9 Å². The van der Waals surface area contributed by atoms with Gasteiger partial charge in [-0.15, -0.1) is 0 Å². The second-order valence-corrected chi connectivity index (χ2v) is 8.62. The van der Waals surface area contributed by atoms with Crippen LogP contribution in [0, 0.1) is 11.8 Å². The van der Waals surface area contributed by atoms with E-state index in [-0.39, 0.29) is 0 Å². The van der Waals surface area contributed by atoms with Crippen LogP contribution in [0.5, 0.6) is 0 Å². The zero-order valence-corrected chi connectivity index (χ0v) is 16.4. The van der Waals surface area contributed by atoms with Crippen LogP contribution in [0.4, 0.5) is 0 Å². The van der Waals surface area contributed by atoms with Gasteiger partial charge in [-0.2, -0.15) is 10.2 Å². The van der Waals surface area contributed by atoms with Crippen LogP contribution in [0.15, 0.2) is 10.2 Å². The molecule has 0 radical (unpaired) electrons. The zero-order chi connectivity index (χ0) is 17.5. The van der Waals surface area contributed by atoms with Gasteiger partial charge in [0, 0.05) is 0 Å². The first-order valence-corrected chi connectivity index (χ1v) is 10.2. The smallest absolute Gasteiger partial charge is 0.178 e. The average molecular weight is 339 g/mol. The number of nitrogens with zero attached hydrogens (tertiary/aromatic N) is 2. The molecule has 0 heterocycles. The van der Waals surface area contributed by atoms with Crippen molar-refractivity contribution >= 4 is 0 Å². The predicted molar refractivity (Wildman–Crippen MR) is 98.1 cm³/mol. The lowest BCUT2D eigenvalue weighted by atomic mass is 9.91. The lowest BCUT2D eigenvalue weighted by Gasteiger charge is -2.37. The summed E-state index contributed by atoms with van der Waals surface area (Å²) in [7, 11) is 0. The highest BCUT2D eigenvalue weighted by Gasteiger charge is 2.38. The molecule has 24 heavy (non-hydrogen) atoms. The summed E-state index contributed by atoms with van der Waals surface area (Å²) in [5.74, 6) is 1.06. The van der Waals surface area contributed by atoms with Crippen LogP contribution in [0.3, 0.4) is 0 Å². The standard InChI is InChI=1S/C20H38N2O2/c1-17(2)15-23-19(11-7-5-8-12-19)21-22-20(24-16-18(3)4)13-9-6-10-14-20/h17-18H,5-16H2,1-4H3. The summed E-state index contributed by atoms with van der Waals surface area (Å²) in [5.41, 5.74) is -0.789. The second-order valence-electron chi connectivity index (χ2n) is 8.62. The predicted octanol–water partition coefficient (Wildman–Crippen LogP) is 6.10. The van der Waals surface area contributed by atoms with Crippen molar-refractivity contribution in [3.8, 4) is 0 Å². The van der Waals surface area contributed by atoms with Gasteiger partial charge in [-0.1, -0.05) is 40.5 Å².